The van der Waals surface area contributed by atoms with Gasteiger partial charge in [-0.05, 0) is 24.0 Å². The van der Waals surface area contributed by atoms with Crippen LogP contribution in [0, 0.1) is 6.92 Å². The second-order valence-corrected chi connectivity index (χ2v) is 3.92. The predicted octanol–water partition coefficient (Wildman–Crippen LogP) is 2.82. The van der Waals surface area contributed by atoms with Crippen LogP contribution in [0.1, 0.15) is 16.1 Å². The zero-order valence-electron chi connectivity index (χ0n) is 8.10. The Bertz CT molecular complexity index is 491. The Labute approximate surface area is 91.2 Å². The highest BCUT2D eigenvalue weighted by molar-refractivity contribution is 7.10. The molecule has 1 aromatic heterocycles. The molecule has 0 unspecified atom stereocenters. The van der Waals surface area contributed by atoms with Gasteiger partial charge in [0.1, 0.15) is 5.56 Å². The first-order valence-corrected chi connectivity index (χ1v) is 5.22. The molecule has 0 aliphatic rings. The van der Waals surface area contributed by atoms with E-state index in [4.69, 9.17) is 5.11 Å². The Balaban J connectivity index is 2.59. The van der Waals surface area contributed by atoms with Crippen LogP contribution in [-0.2, 0) is 0 Å². The van der Waals surface area contributed by atoms with Gasteiger partial charge < -0.3 is 5.11 Å². The van der Waals surface area contributed by atoms with Crippen molar-refractivity contribution in [3.8, 4) is 10.4 Å². The maximum Gasteiger partial charge on any atom is 0.339 e. The van der Waals surface area contributed by atoms with Crippen LogP contribution in [0.3, 0.4) is 0 Å². The van der Waals surface area contributed by atoms with Crippen LogP contribution in [0.25, 0.3) is 10.4 Å². The molecule has 0 atom stereocenters. The number of aromatic carboxylic acids is 1. The lowest BCUT2D eigenvalue weighted by atomic mass is 10.1. The Morgan fingerprint density at radius 1 is 1.33 bits per heavy atom. The van der Waals surface area contributed by atoms with E-state index >= 15 is 0 Å². The van der Waals surface area contributed by atoms with E-state index in [1.165, 1.54) is 11.5 Å². The van der Waals surface area contributed by atoms with Crippen LogP contribution in [0.4, 0.5) is 0 Å². The van der Waals surface area contributed by atoms with Gasteiger partial charge in [-0.2, -0.15) is 4.37 Å². The fourth-order valence-electron chi connectivity index (χ4n) is 1.41. The largest absolute Gasteiger partial charge is 0.478 e. The minimum atomic E-state index is -0.917. The fraction of sp³-hybridized carbons (Fsp3) is 0.0909. The van der Waals surface area contributed by atoms with Gasteiger partial charge in [0.05, 0.1) is 10.6 Å². The van der Waals surface area contributed by atoms with E-state index in [0.29, 0.717) is 11.3 Å². The van der Waals surface area contributed by atoms with E-state index < -0.39 is 5.97 Å². The van der Waals surface area contributed by atoms with Gasteiger partial charge in [-0.1, -0.05) is 30.3 Å². The zero-order chi connectivity index (χ0) is 10.8. The van der Waals surface area contributed by atoms with Gasteiger partial charge >= 0.3 is 5.97 Å². The summed E-state index contributed by atoms with van der Waals surface area (Å²) in [4.78, 5) is 11.8. The van der Waals surface area contributed by atoms with Crippen LogP contribution in [0.2, 0.25) is 0 Å². The number of hydrogen-bond donors (Lipinski definition) is 1. The molecule has 1 heterocycles. The molecule has 0 aliphatic heterocycles. The third-order valence-electron chi connectivity index (χ3n) is 2.11. The SMILES string of the molecule is Cc1nsc(-c2ccccc2)c1C(=O)O. The lowest BCUT2D eigenvalue weighted by Crippen LogP contribution is -1.98. The van der Waals surface area contributed by atoms with Crippen molar-refractivity contribution in [3.05, 3.63) is 41.6 Å². The molecule has 0 saturated carbocycles. The van der Waals surface area contributed by atoms with Crippen molar-refractivity contribution >= 4 is 17.5 Å². The van der Waals surface area contributed by atoms with Crippen LogP contribution in [0.5, 0.6) is 0 Å². The smallest absolute Gasteiger partial charge is 0.339 e. The summed E-state index contributed by atoms with van der Waals surface area (Å²) in [5.41, 5.74) is 1.79. The highest BCUT2D eigenvalue weighted by Crippen LogP contribution is 2.29. The highest BCUT2D eigenvalue weighted by Gasteiger charge is 2.18. The van der Waals surface area contributed by atoms with Crippen LogP contribution < -0.4 is 0 Å². The zero-order valence-corrected chi connectivity index (χ0v) is 8.91. The number of carboxylic acids is 1. The van der Waals surface area contributed by atoms with Crippen molar-refractivity contribution < 1.29 is 9.90 Å². The van der Waals surface area contributed by atoms with E-state index in [1.54, 1.807) is 6.92 Å². The Kier molecular flexibility index (Phi) is 2.51. The van der Waals surface area contributed by atoms with E-state index in [2.05, 4.69) is 4.37 Å². The van der Waals surface area contributed by atoms with Gasteiger partial charge in [-0.15, -0.1) is 0 Å². The molecule has 2 rings (SSSR count). The Morgan fingerprint density at radius 2 is 2.00 bits per heavy atom. The molecule has 1 aromatic carbocycles. The van der Waals surface area contributed by atoms with E-state index in [1.807, 2.05) is 30.3 Å². The molecule has 0 aliphatic carbocycles. The first kappa shape index (κ1) is 9.86. The number of rotatable bonds is 2. The topological polar surface area (TPSA) is 50.2 Å². The summed E-state index contributed by atoms with van der Waals surface area (Å²) in [5.74, 6) is -0.917. The summed E-state index contributed by atoms with van der Waals surface area (Å²) in [7, 11) is 0. The molecule has 0 spiro atoms. The summed E-state index contributed by atoms with van der Waals surface area (Å²) in [6, 6.07) is 9.45. The van der Waals surface area contributed by atoms with Gasteiger partial charge in [0, 0.05) is 0 Å². The number of hydrogen-bond acceptors (Lipinski definition) is 3. The van der Waals surface area contributed by atoms with Gasteiger partial charge in [-0.25, -0.2) is 4.79 Å². The fourth-order valence-corrected chi connectivity index (χ4v) is 2.30. The van der Waals surface area contributed by atoms with E-state index in [-0.39, 0.29) is 0 Å². The monoisotopic (exact) mass is 219 g/mol. The maximum atomic E-state index is 11.0. The third kappa shape index (κ3) is 1.76. The second kappa shape index (κ2) is 3.82. The summed E-state index contributed by atoms with van der Waals surface area (Å²) < 4.78 is 4.08. The quantitative estimate of drug-likeness (QED) is 0.844. The summed E-state index contributed by atoms with van der Waals surface area (Å²) in [6.45, 7) is 1.71. The van der Waals surface area contributed by atoms with E-state index in [0.717, 1.165) is 10.4 Å². The van der Waals surface area contributed by atoms with Gasteiger partial charge in [0.15, 0.2) is 0 Å². The molecule has 0 saturated heterocycles. The number of aryl methyl sites for hydroxylation is 1. The van der Waals surface area contributed by atoms with Crippen LogP contribution >= 0.6 is 11.5 Å². The van der Waals surface area contributed by atoms with Gasteiger partial charge in [0.2, 0.25) is 0 Å². The second-order valence-electron chi connectivity index (χ2n) is 3.14. The number of benzene rings is 1. The standard InChI is InChI=1S/C11H9NO2S/c1-7-9(11(13)14)10(15-12-7)8-5-3-2-4-6-8/h2-6H,1H3,(H,13,14). The normalized spacial score (nSPS) is 10.2. The average Bonchev–Trinajstić information content (AvgIpc) is 2.61. The molecule has 0 radical (unpaired) electrons. The number of aromatic nitrogens is 1. The molecular weight excluding hydrogens is 210 g/mol. The van der Waals surface area contributed by atoms with Crippen molar-refractivity contribution in [2.45, 2.75) is 6.92 Å². The van der Waals surface area contributed by atoms with E-state index in [9.17, 15) is 4.79 Å². The summed E-state index contributed by atoms with van der Waals surface area (Å²) >= 11 is 1.23. The summed E-state index contributed by atoms with van der Waals surface area (Å²) in [6.07, 6.45) is 0. The molecule has 3 nitrogen and oxygen atoms in total. The first-order valence-electron chi connectivity index (χ1n) is 4.45. The molecular formula is C11H9NO2S. The number of carboxylic acid groups (broad SMARTS) is 1. The lowest BCUT2D eigenvalue weighted by Gasteiger charge is -1.98. The molecule has 1 N–H and O–H groups in total. The number of nitrogens with zero attached hydrogens (tertiary/aromatic N) is 1. The predicted molar refractivity (Wildman–Crippen MR) is 59.2 cm³/mol. The molecule has 0 fully saturated rings. The van der Waals surface area contributed by atoms with Crippen molar-refractivity contribution in [3.63, 3.8) is 0 Å². The maximum absolute atomic E-state index is 11.0. The minimum Gasteiger partial charge on any atom is -0.478 e. The number of carbonyl (C=O) groups is 1. The highest BCUT2D eigenvalue weighted by atomic mass is 32.1. The van der Waals surface area contributed by atoms with Crippen molar-refractivity contribution in [2.75, 3.05) is 0 Å². The molecule has 15 heavy (non-hydrogen) atoms. The molecule has 0 amide bonds. The Morgan fingerprint density at radius 3 is 2.60 bits per heavy atom. The summed E-state index contributed by atoms with van der Waals surface area (Å²) in [5, 5.41) is 9.06. The lowest BCUT2D eigenvalue weighted by molar-refractivity contribution is 0.0697. The average molecular weight is 219 g/mol. The first-order chi connectivity index (χ1) is 7.20. The molecule has 0 bridgehead atoms. The van der Waals surface area contributed by atoms with Gasteiger partial charge in [-0.3, -0.25) is 0 Å². The minimum absolute atomic E-state index is 0.311. The van der Waals surface area contributed by atoms with Crippen LogP contribution in [-0.4, -0.2) is 15.4 Å². The van der Waals surface area contributed by atoms with Crippen molar-refractivity contribution in [1.82, 2.24) is 4.37 Å². The Hall–Kier alpha value is -1.68. The third-order valence-corrected chi connectivity index (χ3v) is 3.10. The van der Waals surface area contributed by atoms with Gasteiger partial charge in [0.25, 0.3) is 0 Å². The molecule has 76 valence electrons. The van der Waals surface area contributed by atoms with Crippen molar-refractivity contribution in [2.24, 2.45) is 0 Å². The molecule has 2 aromatic rings. The van der Waals surface area contributed by atoms with Crippen molar-refractivity contribution in [1.29, 1.82) is 0 Å². The van der Waals surface area contributed by atoms with Crippen LogP contribution in [0.15, 0.2) is 30.3 Å². The molecule has 4 heteroatoms.